The molecule has 0 aromatic heterocycles. The van der Waals surface area contributed by atoms with Gasteiger partial charge in [-0.1, -0.05) is 66.2 Å². The number of ether oxygens (including phenoxy) is 2. The average molecular weight is 546 g/mol. The first-order valence-electron chi connectivity index (χ1n) is 13.1. The Bertz CT molecular complexity index is 1360. The number of hydrogen-bond acceptors (Lipinski definition) is 5. The molecule has 0 saturated carbocycles. The fourth-order valence-corrected chi connectivity index (χ4v) is 5.20. The Morgan fingerprint density at radius 1 is 0.974 bits per heavy atom. The Morgan fingerprint density at radius 2 is 1.56 bits per heavy atom. The summed E-state index contributed by atoms with van der Waals surface area (Å²) in [7, 11) is 0.928. The lowest BCUT2D eigenvalue weighted by Gasteiger charge is -2.32. The van der Waals surface area contributed by atoms with E-state index in [1.54, 1.807) is 13.2 Å². The van der Waals surface area contributed by atoms with Crippen LogP contribution in [0.5, 0.6) is 5.75 Å². The molecule has 8 heteroatoms. The third-order valence-corrected chi connectivity index (χ3v) is 8.21. The maximum Gasteiger partial charge on any atom is 0.492 e. The number of halogens is 1. The lowest BCUT2D eigenvalue weighted by Crippen LogP contribution is -2.41. The van der Waals surface area contributed by atoms with E-state index >= 15 is 0 Å². The fraction of sp³-hybridized carbons (Fsp3) is 0.323. The molecule has 1 aliphatic carbocycles. The monoisotopic (exact) mass is 545 g/mol. The summed E-state index contributed by atoms with van der Waals surface area (Å²) in [5.74, 6) is 0.644. The first kappa shape index (κ1) is 27.3. The van der Waals surface area contributed by atoms with Crippen molar-refractivity contribution >= 4 is 30.9 Å². The molecule has 2 aliphatic rings. The molecule has 5 rings (SSSR count). The van der Waals surface area contributed by atoms with Crippen LogP contribution in [-0.2, 0) is 14.0 Å². The number of fused-ring (bicyclic) bond motifs is 3. The lowest BCUT2D eigenvalue weighted by atomic mass is 9.77. The molecule has 0 atom stereocenters. The molecule has 1 aliphatic heterocycles. The van der Waals surface area contributed by atoms with Crippen molar-refractivity contribution in [3.05, 3.63) is 93.9 Å². The third kappa shape index (κ3) is 5.44. The van der Waals surface area contributed by atoms with Gasteiger partial charge in [0.2, 0.25) is 0 Å². The number of rotatable bonds is 7. The summed E-state index contributed by atoms with van der Waals surface area (Å²) in [6.45, 7) is 8.36. The molecule has 1 saturated heterocycles. The molecule has 202 valence electrons. The zero-order valence-corrected chi connectivity index (χ0v) is 23.7. The second kappa shape index (κ2) is 10.7. The van der Waals surface area contributed by atoms with Crippen LogP contribution in [0.4, 0.5) is 4.79 Å². The van der Waals surface area contributed by atoms with Crippen molar-refractivity contribution in [2.75, 3.05) is 20.3 Å². The van der Waals surface area contributed by atoms with Crippen LogP contribution in [0.2, 0.25) is 5.02 Å². The summed E-state index contributed by atoms with van der Waals surface area (Å²) in [6, 6.07) is 22.0. The standard InChI is InChI=1S/C31H33BClNO5/c1-30(2)31(3,4)39-32(38-30)21(16-20-14-15-22(36-5)17-28(20)33)18-34-29(35)37-19-27-25-12-8-6-10-23(25)24-11-7-9-13-26(24)27/h6-17,27H,18-19H2,1-5H3,(H,34,35). The van der Waals surface area contributed by atoms with E-state index in [4.69, 9.17) is 30.4 Å². The highest BCUT2D eigenvalue weighted by atomic mass is 35.5. The number of methoxy groups -OCH3 is 1. The molecule has 1 fully saturated rings. The molecule has 0 bridgehead atoms. The van der Waals surface area contributed by atoms with E-state index < -0.39 is 24.4 Å². The third-order valence-electron chi connectivity index (χ3n) is 7.89. The van der Waals surface area contributed by atoms with Crippen LogP contribution in [0.3, 0.4) is 0 Å². The minimum Gasteiger partial charge on any atom is -0.497 e. The van der Waals surface area contributed by atoms with E-state index in [0.29, 0.717) is 16.2 Å². The van der Waals surface area contributed by atoms with Gasteiger partial charge in [-0.15, -0.1) is 0 Å². The number of amides is 1. The molecular weight excluding hydrogens is 513 g/mol. The molecule has 0 unspecified atom stereocenters. The number of hydrogen-bond donors (Lipinski definition) is 1. The molecule has 0 spiro atoms. The SMILES string of the molecule is COc1ccc(C=C(CNC(=O)OCC2c3ccccc3-c3ccccc32)B2OC(C)(C)C(C)(C)O2)c(Cl)c1. The van der Waals surface area contributed by atoms with Gasteiger partial charge in [0, 0.05) is 12.5 Å². The van der Waals surface area contributed by atoms with E-state index in [2.05, 4.69) is 29.6 Å². The van der Waals surface area contributed by atoms with E-state index in [0.717, 1.165) is 5.56 Å². The Hall–Kier alpha value is -3.26. The predicted molar refractivity (Wildman–Crippen MR) is 155 cm³/mol. The Balaban J connectivity index is 1.31. The van der Waals surface area contributed by atoms with Crippen molar-refractivity contribution in [1.82, 2.24) is 5.32 Å². The smallest absolute Gasteiger partial charge is 0.492 e. The fourth-order valence-electron chi connectivity index (χ4n) is 4.97. The molecule has 39 heavy (non-hydrogen) atoms. The van der Waals surface area contributed by atoms with Crippen molar-refractivity contribution in [1.29, 1.82) is 0 Å². The largest absolute Gasteiger partial charge is 0.497 e. The molecular formula is C31H33BClNO5. The van der Waals surface area contributed by atoms with Crippen LogP contribution < -0.4 is 10.1 Å². The van der Waals surface area contributed by atoms with Crippen molar-refractivity contribution in [2.45, 2.75) is 44.8 Å². The summed E-state index contributed by atoms with van der Waals surface area (Å²) in [5, 5.41) is 3.41. The van der Waals surface area contributed by atoms with E-state index in [9.17, 15) is 4.79 Å². The van der Waals surface area contributed by atoms with Gasteiger partial charge in [0.25, 0.3) is 0 Å². The molecule has 1 heterocycles. The molecule has 0 radical (unpaired) electrons. The van der Waals surface area contributed by atoms with Gasteiger partial charge in [0.05, 0.1) is 23.3 Å². The summed E-state index contributed by atoms with van der Waals surface area (Å²) in [6.07, 6.45) is 1.37. The highest BCUT2D eigenvalue weighted by Crippen LogP contribution is 2.44. The number of benzene rings is 3. The minimum absolute atomic E-state index is 0.0145. The summed E-state index contributed by atoms with van der Waals surface area (Å²) in [5.41, 5.74) is 5.10. The van der Waals surface area contributed by atoms with Crippen molar-refractivity contribution < 1.29 is 23.6 Å². The van der Waals surface area contributed by atoms with Crippen LogP contribution in [0.25, 0.3) is 17.2 Å². The highest BCUT2D eigenvalue weighted by Gasteiger charge is 2.52. The van der Waals surface area contributed by atoms with Crippen LogP contribution in [-0.4, -0.2) is 44.7 Å². The number of carbonyl (C=O) groups is 1. The van der Waals surface area contributed by atoms with Gasteiger partial charge >= 0.3 is 13.2 Å². The lowest BCUT2D eigenvalue weighted by molar-refractivity contribution is 0.00578. The van der Waals surface area contributed by atoms with Gasteiger partial charge in [-0.05, 0) is 79.2 Å². The normalized spacial score (nSPS) is 17.5. The molecule has 1 amide bonds. The van der Waals surface area contributed by atoms with Gasteiger partial charge in [0.15, 0.2) is 0 Å². The summed E-state index contributed by atoms with van der Waals surface area (Å²) < 4.78 is 23.6. The van der Waals surface area contributed by atoms with Crippen LogP contribution >= 0.6 is 11.6 Å². The first-order valence-corrected chi connectivity index (χ1v) is 13.5. The van der Waals surface area contributed by atoms with Gasteiger partial charge in [0.1, 0.15) is 12.4 Å². The maximum atomic E-state index is 12.9. The summed E-state index contributed by atoms with van der Waals surface area (Å²) >= 11 is 6.52. The van der Waals surface area contributed by atoms with E-state index in [1.807, 2.05) is 70.2 Å². The van der Waals surface area contributed by atoms with Crippen LogP contribution in [0, 0.1) is 0 Å². The Kier molecular flexibility index (Phi) is 7.51. The second-order valence-electron chi connectivity index (χ2n) is 10.9. The quantitative estimate of drug-likeness (QED) is 0.327. The minimum atomic E-state index is -0.665. The molecule has 1 N–H and O–H groups in total. The zero-order valence-electron chi connectivity index (χ0n) is 22.9. The number of nitrogens with one attached hydrogen (secondary N) is 1. The van der Waals surface area contributed by atoms with E-state index in [-0.39, 0.29) is 19.1 Å². The number of alkyl carbamates (subject to hydrolysis) is 1. The predicted octanol–water partition coefficient (Wildman–Crippen LogP) is 6.90. The van der Waals surface area contributed by atoms with E-state index in [1.165, 1.54) is 22.3 Å². The van der Waals surface area contributed by atoms with Gasteiger partial charge in [-0.3, -0.25) is 0 Å². The Morgan fingerprint density at radius 3 is 2.13 bits per heavy atom. The average Bonchev–Trinajstić information content (AvgIpc) is 3.35. The second-order valence-corrected chi connectivity index (χ2v) is 11.3. The maximum absolute atomic E-state index is 12.9. The zero-order chi connectivity index (χ0) is 27.8. The number of carbonyl (C=O) groups excluding carboxylic acids is 1. The Labute approximate surface area is 235 Å². The highest BCUT2D eigenvalue weighted by molar-refractivity contribution is 6.56. The topological polar surface area (TPSA) is 66.0 Å². The van der Waals surface area contributed by atoms with Crippen LogP contribution in [0.1, 0.15) is 50.3 Å². The van der Waals surface area contributed by atoms with Crippen molar-refractivity contribution in [2.24, 2.45) is 0 Å². The first-order chi connectivity index (χ1) is 18.6. The molecule has 3 aromatic carbocycles. The van der Waals surface area contributed by atoms with Crippen LogP contribution in [0.15, 0.2) is 72.2 Å². The molecule has 6 nitrogen and oxygen atoms in total. The summed E-state index contributed by atoms with van der Waals surface area (Å²) in [4.78, 5) is 12.9. The van der Waals surface area contributed by atoms with Crippen molar-refractivity contribution in [3.63, 3.8) is 0 Å². The van der Waals surface area contributed by atoms with Gasteiger partial charge < -0.3 is 24.1 Å². The van der Waals surface area contributed by atoms with Gasteiger partial charge in [-0.25, -0.2) is 4.79 Å². The molecule has 3 aromatic rings. The van der Waals surface area contributed by atoms with Gasteiger partial charge in [-0.2, -0.15) is 0 Å². The van der Waals surface area contributed by atoms with Crippen molar-refractivity contribution in [3.8, 4) is 16.9 Å².